The second kappa shape index (κ2) is 6.98. The summed E-state index contributed by atoms with van der Waals surface area (Å²) in [6.45, 7) is 0. The van der Waals surface area contributed by atoms with Gasteiger partial charge in [0, 0.05) is 17.3 Å². The Bertz CT molecular complexity index is 915. The Morgan fingerprint density at radius 2 is 1.72 bits per heavy atom. The number of rotatable bonds is 3. The third-order valence-corrected chi connectivity index (χ3v) is 3.48. The first-order valence-electron chi connectivity index (χ1n) is 6.92. The van der Waals surface area contributed by atoms with Gasteiger partial charge in [-0.2, -0.15) is 13.2 Å². The lowest BCUT2D eigenvalue weighted by Gasteiger charge is -2.15. The molecule has 3 rings (SSSR count). The molecule has 0 bridgehead atoms. The average molecular weight is 369 g/mol. The quantitative estimate of drug-likeness (QED) is 0.673. The van der Waals surface area contributed by atoms with Gasteiger partial charge in [-0.1, -0.05) is 30.3 Å². The minimum absolute atomic E-state index is 0. The number of halogens is 4. The SMILES string of the molecule is Cl.O=C(O)c1cnc2c(C(F)(F)F)cccc2c1Nc1ccccc1. The number of para-hydroxylation sites is 2. The van der Waals surface area contributed by atoms with E-state index in [0.29, 0.717) is 5.69 Å². The maximum absolute atomic E-state index is 13.2. The van der Waals surface area contributed by atoms with Crippen LogP contribution >= 0.6 is 12.4 Å². The van der Waals surface area contributed by atoms with E-state index in [2.05, 4.69) is 10.3 Å². The van der Waals surface area contributed by atoms with Crippen LogP contribution in [0, 0.1) is 0 Å². The molecule has 1 aromatic heterocycles. The average Bonchev–Trinajstić information content (AvgIpc) is 2.54. The Kier molecular flexibility index (Phi) is 5.18. The highest BCUT2D eigenvalue weighted by atomic mass is 35.5. The van der Waals surface area contributed by atoms with Crippen molar-refractivity contribution in [3.63, 3.8) is 0 Å². The van der Waals surface area contributed by atoms with E-state index in [0.717, 1.165) is 12.3 Å². The summed E-state index contributed by atoms with van der Waals surface area (Å²) >= 11 is 0. The fourth-order valence-corrected chi connectivity index (χ4v) is 2.41. The summed E-state index contributed by atoms with van der Waals surface area (Å²) in [5.74, 6) is -1.28. The standard InChI is InChI=1S/C17H11F3N2O2.ClH/c18-17(19,20)13-8-4-7-11-14(22-10-5-2-1-3-6-10)12(16(23)24)9-21-15(11)13;/h1-9H,(H,21,22)(H,23,24);1H. The van der Waals surface area contributed by atoms with Crippen molar-refractivity contribution in [2.75, 3.05) is 5.32 Å². The van der Waals surface area contributed by atoms with Gasteiger partial charge >= 0.3 is 12.1 Å². The third-order valence-electron chi connectivity index (χ3n) is 3.48. The second-order valence-corrected chi connectivity index (χ2v) is 5.04. The van der Waals surface area contributed by atoms with Gasteiger partial charge in [-0.15, -0.1) is 12.4 Å². The predicted molar refractivity (Wildman–Crippen MR) is 90.7 cm³/mol. The van der Waals surface area contributed by atoms with E-state index < -0.39 is 17.7 Å². The van der Waals surface area contributed by atoms with Crippen molar-refractivity contribution >= 4 is 40.7 Å². The van der Waals surface area contributed by atoms with Gasteiger partial charge in [-0.3, -0.25) is 4.98 Å². The van der Waals surface area contributed by atoms with Gasteiger partial charge in [0.15, 0.2) is 0 Å². The van der Waals surface area contributed by atoms with E-state index in [4.69, 9.17) is 0 Å². The van der Waals surface area contributed by atoms with Crippen molar-refractivity contribution in [3.8, 4) is 0 Å². The zero-order valence-corrected chi connectivity index (χ0v) is 13.4. The number of aromatic carboxylic acids is 1. The molecule has 2 aromatic carbocycles. The van der Waals surface area contributed by atoms with E-state index in [9.17, 15) is 23.1 Å². The molecule has 0 saturated heterocycles. The van der Waals surface area contributed by atoms with Gasteiger partial charge in [0.25, 0.3) is 0 Å². The van der Waals surface area contributed by atoms with Crippen LogP contribution in [0.4, 0.5) is 24.5 Å². The molecule has 0 saturated carbocycles. The Balaban J connectivity index is 0.00000225. The highest BCUT2D eigenvalue weighted by Gasteiger charge is 2.33. The number of nitrogens with zero attached hydrogens (tertiary/aromatic N) is 1. The lowest BCUT2D eigenvalue weighted by molar-refractivity contribution is -0.136. The summed E-state index contributed by atoms with van der Waals surface area (Å²) in [5.41, 5.74) is -0.776. The van der Waals surface area contributed by atoms with Crippen LogP contribution in [-0.4, -0.2) is 16.1 Å². The van der Waals surface area contributed by atoms with E-state index in [1.165, 1.54) is 12.1 Å². The number of benzene rings is 2. The molecule has 25 heavy (non-hydrogen) atoms. The molecular formula is C17H12ClF3N2O2. The molecule has 8 heteroatoms. The summed E-state index contributed by atoms with van der Waals surface area (Å²) in [6, 6.07) is 12.2. The van der Waals surface area contributed by atoms with Crippen LogP contribution in [0.25, 0.3) is 10.9 Å². The van der Waals surface area contributed by atoms with E-state index in [1.54, 1.807) is 30.3 Å². The highest BCUT2D eigenvalue weighted by molar-refractivity contribution is 6.06. The Hall–Kier alpha value is -2.80. The highest BCUT2D eigenvalue weighted by Crippen LogP contribution is 2.37. The number of carboxylic acid groups (broad SMARTS) is 1. The Morgan fingerprint density at radius 1 is 1.04 bits per heavy atom. The number of carbonyl (C=O) groups is 1. The normalized spacial score (nSPS) is 11.0. The smallest absolute Gasteiger partial charge is 0.418 e. The number of aromatic nitrogens is 1. The predicted octanol–water partition coefficient (Wildman–Crippen LogP) is 5.12. The Morgan fingerprint density at radius 3 is 2.32 bits per heavy atom. The lowest BCUT2D eigenvalue weighted by Crippen LogP contribution is -2.09. The van der Waals surface area contributed by atoms with Gasteiger partial charge in [0.2, 0.25) is 0 Å². The van der Waals surface area contributed by atoms with Gasteiger partial charge in [-0.05, 0) is 18.2 Å². The number of hydrogen-bond acceptors (Lipinski definition) is 3. The zero-order valence-electron chi connectivity index (χ0n) is 12.5. The first-order valence-corrected chi connectivity index (χ1v) is 6.92. The van der Waals surface area contributed by atoms with Crippen LogP contribution < -0.4 is 5.32 Å². The molecule has 0 unspecified atom stereocenters. The van der Waals surface area contributed by atoms with E-state index >= 15 is 0 Å². The largest absolute Gasteiger partial charge is 0.478 e. The van der Waals surface area contributed by atoms with E-state index in [-0.39, 0.29) is 34.6 Å². The fraction of sp³-hybridized carbons (Fsp3) is 0.0588. The van der Waals surface area contributed by atoms with Crippen molar-refractivity contribution in [3.05, 3.63) is 65.9 Å². The molecular weight excluding hydrogens is 357 g/mol. The van der Waals surface area contributed by atoms with Crippen LogP contribution in [0.1, 0.15) is 15.9 Å². The van der Waals surface area contributed by atoms with Crippen LogP contribution in [0.3, 0.4) is 0 Å². The number of anilines is 2. The first kappa shape index (κ1) is 18.5. The summed E-state index contributed by atoms with van der Waals surface area (Å²) in [4.78, 5) is 15.2. The summed E-state index contributed by atoms with van der Waals surface area (Å²) in [7, 11) is 0. The summed E-state index contributed by atoms with van der Waals surface area (Å²) in [6.07, 6.45) is -3.65. The van der Waals surface area contributed by atoms with E-state index in [1.807, 2.05) is 0 Å². The number of pyridine rings is 1. The zero-order chi connectivity index (χ0) is 17.3. The molecule has 130 valence electrons. The molecule has 0 spiro atoms. The number of carboxylic acids is 1. The first-order chi connectivity index (χ1) is 11.4. The molecule has 0 aliphatic carbocycles. The monoisotopic (exact) mass is 368 g/mol. The number of nitrogens with one attached hydrogen (secondary N) is 1. The third kappa shape index (κ3) is 3.66. The topological polar surface area (TPSA) is 62.2 Å². The van der Waals surface area contributed by atoms with Gasteiger partial charge in [0.05, 0.1) is 16.8 Å². The maximum atomic E-state index is 13.2. The van der Waals surface area contributed by atoms with Crippen molar-refractivity contribution < 1.29 is 23.1 Å². The fourth-order valence-electron chi connectivity index (χ4n) is 2.41. The summed E-state index contributed by atoms with van der Waals surface area (Å²) in [5, 5.41) is 12.3. The van der Waals surface area contributed by atoms with Crippen molar-refractivity contribution in [2.24, 2.45) is 0 Å². The minimum atomic E-state index is -4.58. The van der Waals surface area contributed by atoms with Crippen molar-refractivity contribution in [1.29, 1.82) is 0 Å². The molecule has 4 nitrogen and oxygen atoms in total. The van der Waals surface area contributed by atoms with Crippen LogP contribution in [0.15, 0.2) is 54.7 Å². The molecule has 0 aliphatic heterocycles. The summed E-state index contributed by atoms with van der Waals surface area (Å²) < 4.78 is 39.5. The number of hydrogen-bond donors (Lipinski definition) is 2. The molecule has 0 aliphatic rings. The molecule has 2 N–H and O–H groups in total. The van der Waals surface area contributed by atoms with Gasteiger partial charge < -0.3 is 10.4 Å². The molecule has 0 radical (unpaired) electrons. The minimum Gasteiger partial charge on any atom is -0.478 e. The maximum Gasteiger partial charge on any atom is 0.418 e. The number of fused-ring (bicyclic) bond motifs is 1. The Labute approximate surface area is 146 Å². The number of alkyl halides is 3. The van der Waals surface area contributed by atoms with Crippen molar-refractivity contribution in [2.45, 2.75) is 6.18 Å². The van der Waals surface area contributed by atoms with Crippen LogP contribution in [0.2, 0.25) is 0 Å². The lowest BCUT2D eigenvalue weighted by atomic mass is 10.0. The molecule has 1 heterocycles. The molecule has 3 aromatic rings. The molecule has 0 atom stereocenters. The van der Waals surface area contributed by atoms with Crippen LogP contribution in [0.5, 0.6) is 0 Å². The van der Waals surface area contributed by atoms with Crippen LogP contribution in [-0.2, 0) is 6.18 Å². The van der Waals surface area contributed by atoms with Gasteiger partial charge in [-0.25, -0.2) is 4.79 Å². The molecule has 0 fully saturated rings. The molecule has 0 amide bonds. The second-order valence-electron chi connectivity index (χ2n) is 5.04. The van der Waals surface area contributed by atoms with Gasteiger partial charge in [0.1, 0.15) is 5.56 Å². The van der Waals surface area contributed by atoms with Crippen molar-refractivity contribution in [1.82, 2.24) is 4.98 Å².